The van der Waals surface area contributed by atoms with Gasteiger partial charge < -0.3 is 14.6 Å². The summed E-state index contributed by atoms with van der Waals surface area (Å²) >= 11 is 0. The molecule has 9 nitrogen and oxygen atoms in total. The van der Waals surface area contributed by atoms with E-state index < -0.39 is 10.0 Å². The highest BCUT2D eigenvalue weighted by atomic mass is 32.2. The Labute approximate surface area is 186 Å². The van der Waals surface area contributed by atoms with E-state index >= 15 is 0 Å². The number of carbonyl (C=O) groups is 1. The van der Waals surface area contributed by atoms with Gasteiger partial charge in [0.1, 0.15) is 11.6 Å². The molecule has 0 unspecified atom stereocenters. The second-order valence-electron chi connectivity index (χ2n) is 7.63. The number of aryl methyl sites for hydroxylation is 1. The van der Waals surface area contributed by atoms with Crippen LogP contribution in [0.3, 0.4) is 0 Å². The highest BCUT2D eigenvalue weighted by Crippen LogP contribution is 2.30. The monoisotopic (exact) mass is 455 g/mol. The summed E-state index contributed by atoms with van der Waals surface area (Å²) in [5, 5.41) is 11.3. The molecule has 0 radical (unpaired) electrons. The average Bonchev–Trinajstić information content (AvgIpc) is 3.01. The smallest absolute Gasteiger partial charge is 0.262 e. The maximum absolute atomic E-state index is 13.0. The van der Waals surface area contributed by atoms with Crippen molar-refractivity contribution in [1.82, 2.24) is 14.8 Å². The van der Waals surface area contributed by atoms with E-state index in [1.807, 2.05) is 6.07 Å². The van der Waals surface area contributed by atoms with Gasteiger partial charge in [0.05, 0.1) is 17.7 Å². The number of anilines is 2. The first-order valence-electron chi connectivity index (χ1n) is 10.4. The summed E-state index contributed by atoms with van der Waals surface area (Å²) < 4.78 is 36.0. The molecule has 0 aliphatic carbocycles. The fourth-order valence-electron chi connectivity index (χ4n) is 3.77. The molecule has 32 heavy (non-hydrogen) atoms. The van der Waals surface area contributed by atoms with Gasteiger partial charge in [0.2, 0.25) is 5.91 Å². The largest absolute Gasteiger partial charge is 0.495 e. The Bertz CT molecular complexity index is 1250. The molecule has 1 aliphatic heterocycles. The van der Waals surface area contributed by atoms with Crippen molar-refractivity contribution in [2.24, 2.45) is 0 Å². The van der Waals surface area contributed by atoms with Crippen LogP contribution in [0.4, 0.5) is 11.4 Å². The van der Waals surface area contributed by atoms with Gasteiger partial charge in [0.25, 0.3) is 10.0 Å². The molecule has 1 aromatic heterocycles. The van der Waals surface area contributed by atoms with Crippen LogP contribution >= 0.6 is 0 Å². The molecular weight excluding hydrogens is 430 g/mol. The first-order chi connectivity index (χ1) is 15.4. The standard InChI is InChI=1S/C22H25N5O4S/c1-15(28)23-19-11-10-18(14-20(19)31-2)32(29,30)26-17-8-6-7-16(13-17)22-25-24-21-9-4-3-5-12-27(21)22/h6-8,10-11,13-14,26H,3-5,9,12H2,1-2H3,(H,23,28). The van der Waals surface area contributed by atoms with E-state index in [0.29, 0.717) is 11.4 Å². The summed E-state index contributed by atoms with van der Waals surface area (Å²) in [4.78, 5) is 11.4. The van der Waals surface area contributed by atoms with Gasteiger partial charge in [0, 0.05) is 37.2 Å². The molecular formula is C22H25N5O4S. The summed E-state index contributed by atoms with van der Waals surface area (Å²) in [5.74, 6) is 1.68. The summed E-state index contributed by atoms with van der Waals surface area (Å²) in [7, 11) is -2.47. The number of hydrogen-bond donors (Lipinski definition) is 2. The minimum Gasteiger partial charge on any atom is -0.495 e. The van der Waals surface area contributed by atoms with Gasteiger partial charge in [-0.05, 0) is 37.1 Å². The van der Waals surface area contributed by atoms with Crippen LogP contribution in [0.25, 0.3) is 11.4 Å². The molecule has 1 amide bonds. The lowest BCUT2D eigenvalue weighted by Crippen LogP contribution is -2.14. The Morgan fingerprint density at radius 2 is 1.94 bits per heavy atom. The number of nitrogens with zero attached hydrogens (tertiary/aromatic N) is 3. The Morgan fingerprint density at radius 1 is 1.09 bits per heavy atom. The molecule has 0 saturated heterocycles. The van der Waals surface area contributed by atoms with Crippen LogP contribution in [-0.4, -0.2) is 36.2 Å². The number of hydrogen-bond acceptors (Lipinski definition) is 6. The van der Waals surface area contributed by atoms with Crippen LogP contribution in [0.5, 0.6) is 5.75 Å². The van der Waals surface area contributed by atoms with Crippen molar-refractivity contribution in [2.45, 2.75) is 44.0 Å². The maximum atomic E-state index is 13.0. The molecule has 4 rings (SSSR count). The second-order valence-corrected chi connectivity index (χ2v) is 9.31. The van der Waals surface area contributed by atoms with Gasteiger partial charge in [-0.3, -0.25) is 9.52 Å². The van der Waals surface area contributed by atoms with Crippen molar-refractivity contribution >= 4 is 27.3 Å². The summed E-state index contributed by atoms with van der Waals surface area (Å²) in [6, 6.07) is 11.4. The Morgan fingerprint density at radius 3 is 2.72 bits per heavy atom. The number of aromatic nitrogens is 3. The number of ether oxygens (including phenoxy) is 1. The molecule has 0 atom stereocenters. The highest BCUT2D eigenvalue weighted by molar-refractivity contribution is 7.92. The van der Waals surface area contributed by atoms with Gasteiger partial charge in [-0.15, -0.1) is 10.2 Å². The van der Waals surface area contributed by atoms with Gasteiger partial charge in [-0.25, -0.2) is 8.42 Å². The number of methoxy groups -OCH3 is 1. The van der Waals surface area contributed by atoms with Gasteiger partial charge in [-0.1, -0.05) is 18.6 Å². The number of fused-ring (bicyclic) bond motifs is 1. The lowest BCUT2D eigenvalue weighted by atomic mass is 10.2. The van der Waals surface area contributed by atoms with Crippen molar-refractivity contribution < 1.29 is 17.9 Å². The highest BCUT2D eigenvalue weighted by Gasteiger charge is 2.19. The SMILES string of the molecule is COc1cc(S(=O)(=O)Nc2cccc(-c3nnc4n3CCCCC4)c2)ccc1NC(C)=O. The molecule has 2 heterocycles. The van der Waals surface area contributed by atoms with E-state index in [-0.39, 0.29) is 16.6 Å². The molecule has 1 aliphatic rings. The van der Waals surface area contributed by atoms with Gasteiger partial charge >= 0.3 is 0 Å². The summed E-state index contributed by atoms with van der Waals surface area (Å²) in [6.45, 7) is 2.22. The van der Waals surface area contributed by atoms with Crippen molar-refractivity contribution in [3.8, 4) is 17.1 Å². The zero-order valence-electron chi connectivity index (χ0n) is 18.0. The van der Waals surface area contributed by atoms with Crippen molar-refractivity contribution in [3.05, 3.63) is 48.3 Å². The van der Waals surface area contributed by atoms with Crippen LogP contribution in [-0.2, 0) is 27.8 Å². The van der Waals surface area contributed by atoms with E-state index in [4.69, 9.17) is 4.74 Å². The molecule has 0 bridgehead atoms. The van der Waals surface area contributed by atoms with Crippen molar-refractivity contribution in [1.29, 1.82) is 0 Å². The van der Waals surface area contributed by atoms with E-state index in [1.54, 1.807) is 18.2 Å². The third kappa shape index (κ3) is 4.59. The second kappa shape index (κ2) is 8.99. The van der Waals surface area contributed by atoms with E-state index in [9.17, 15) is 13.2 Å². The normalized spacial score (nSPS) is 13.7. The molecule has 0 saturated carbocycles. The minimum absolute atomic E-state index is 0.0187. The third-order valence-corrected chi connectivity index (χ3v) is 6.66. The quantitative estimate of drug-likeness (QED) is 0.588. The fraction of sp³-hybridized carbons (Fsp3) is 0.318. The lowest BCUT2D eigenvalue weighted by molar-refractivity contribution is -0.114. The predicted octanol–water partition coefficient (Wildman–Crippen LogP) is 3.44. The molecule has 2 N–H and O–H groups in total. The number of amides is 1. The zero-order valence-corrected chi connectivity index (χ0v) is 18.8. The number of rotatable bonds is 6. The van der Waals surface area contributed by atoms with E-state index in [2.05, 4.69) is 24.8 Å². The van der Waals surface area contributed by atoms with Crippen molar-refractivity contribution in [3.63, 3.8) is 0 Å². The van der Waals surface area contributed by atoms with Crippen molar-refractivity contribution in [2.75, 3.05) is 17.1 Å². The average molecular weight is 456 g/mol. The minimum atomic E-state index is -3.89. The first-order valence-corrected chi connectivity index (χ1v) is 11.9. The maximum Gasteiger partial charge on any atom is 0.262 e. The number of sulfonamides is 1. The van der Waals surface area contributed by atoms with E-state index in [1.165, 1.54) is 32.2 Å². The Hall–Kier alpha value is -3.40. The van der Waals surface area contributed by atoms with Crippen LogP contribution in [0.15, 0.2) is 47.4 Å². The fourth-order valence-corrected chi connectivity index (χ4v) is 4.83. The van der Waals surface area contributed by atoms with E-state index in [0.717, 1.165) is 49.4 Å². The number of carbonyl (C=O) groups excluding carboxylic acids is 1. The number of benzene rings is 2. The van der Waals surface area contributed by atoms with Crippen LogP contribution < -0.4 is 14.8 Å². The molecule has 0 fully saturated rings. The molecule has 10 heteroatoms. The molecule has 168 valence electrons. The molecule has 3 aromatic rings. The summed E-state index contributed by atoms with van der Waals surface area (Å²) in [6.07, 6.45) is 4.23. The Balaban J connectivity index is 1.61. The topological polar surface area (TPSA) is 115 Å². The predicted molar refractivity (Wildman–Crippen MR) is 121 cm³/mol. The van der Waals surface area contributed by atoms with Crippen LogP contribution in [0.1, 0.15) is 32.0 Å². The molecule has 0 spiro atoms. The van der Waals surface area contributed by atoms with Gasteiger partial charge in [-0.2, -0.15) is 0 Å². The Kier molecular flexibility index (Phi) is 6.13. The number of nitrogens with one attached hydrogen (secondary N) is 2. The van der Waals surface area contributed by atoms with Gasteiger partial charge in [0.15, 0.2) is 5.82 Å². The lowest BCUT2D eigenvalue weighted by Gasteiger charge is -2.13. The third-order valence-electron chi connectivity index (χ3n) is 5.28. The van der Waals surface area contributed by atoms with Crippen LogP contribution in [0.2, 0.25) is 0 Å². The first kappa shape index (κ1) is 21.8. The molecule has 2 aromatic carbocycles. The zero-order chi connectivity index (χ0) is 22.7. The van der Waals surface area contributed by atoms with Crippen LogP contribution in [0, 0.1) is 0 Å². The summed E-state index contributed by atoms with van der Waals surface area (Å²) in [5.41, 5.74) is 1.61.